The Morgan fingerprint density at radius 2 is 0.636 bits per heavy atom. The first kappa shape index (κ1) is 59.8. The van der Waals surface area contributed by atoms with Crippen LogP contribution in [0.4, 0.5) is 0 Å². The third-order valence-electron chi connectivity index (χ3n) is 9.98. The van der Waals surface area contributed by atoms with Gasteiger partial charge in [-0.15, -0.1) is 0 Å². The van der Waals surface area contributed by atoms with Crippen LogP contribution >= 0.6 is 0 Å². The minimum atomic E-state index is -4.60. The zero-order valence-corrected chi connectivity index (χ0v) is 40.1. The molecule has 0 rings (SSSR count). The van der Waals surface area contributed by atoms with Gasteiger partial charge in [0, 0.05) is 11.8 Å². The topological polar surface area (TPSA) is 133 Å². The van der Waals surface area contributed by atoms with E-state index in [1.807, 2.05) is 0 Å². The second-order valence-electron chi connectivity index (χ2n) is 15.4. The third kappa shape index (κ3) is 54.5. The zero-order chi connectivity index (χ0) is 40.4. The van der Waals surface area contributed by atoms with Crippen LogP contribution in [-0.2, 0) is 29.2 Å². The normalized spacial score (nSPS) is 13.2. The van der Waals surface area contributed by atoms with Crippen molar-refractivity contribution >= 4 is 58.5 Å². The first-order valence-electron chi connectivity index (χ1n) is 22.5. The van der Waals surface area contributed by atoms with Crippen molar-refractivity contribution in [3.8, 4) is 0 Å². The summed E-state index contributed by atoms with van der Waals surface area (Å²) >= 11 is 0. The molecular formula is C44H86CaO8S2. The fourth-order valence-corrected chi connectivity index (χ4v) is 7.24. The van der Waals surface area contributed by atoms with Crippen LogP contribution in [-0.4, -0.2) is 76.9 Å². The molecule has 0 fully saturated rings. The van der Waals surface area contributed by atoms with Gasteiger partial charge in [-0.05, 0) is 38.5 Å². The molecule has 11 heteroatoms. The van der Waals surface area contributed by atoms with Gasteiger partial charge in [-0.25, -0.2) is 16.8 Å². The van der Waals surface area contributed by atoms with E-state index in [1.54, 1.807) is 0 Å². The summed E-state index contributed by atoms with van der Waals surface area (Å²) in [6.45, 7) is 8.86. The Bertz CT molecular complexity index is 952. The Kier molecular flexibility index (Phi) is 49.5. The van der Waals surface area contributed by atoms with Gasteiger partial charge in [0.05, 0.1) is 13.2 Å². The quantitative estimate of drug-likeness (QED) is 0.0196. The molecule has 0 aliphatic carbocycles. The summed E-state index contributed by atoms with van der Waals surface area (Å²) < 4.78 is 73.4. The van der Waals surface area contributed by atoms with E-state index in [0.29, 0.717) is 0 Å². The molecule has 2 atom stereocenters. The van der Waals surface area contributed by atoms with E-state index in [4.69, 9.17) is 0 Å². The summed E-state index contributed by atoms with van der Waals surface area (Å²) in [7, 11) is -9.20. The molecule has 0 heterocycles. The molecule has 0 radical (unpaired) electrons. The van der Waals surface area contributed by atoms with Crippen LogP contribution in [0.25, 0.3) is 0 Å². The maximum atomic E-state index is 10.7. The van der Waals surface area contributed by atoms with Crippen molar-refractivity contribution < 1.29 is 34.3 Å². The van der Waals surface area contributed by atoms with Crippen molar-refractivity contribution in [1.29, 1.82) is 0 Å². The number of hydrogen-bond donors (Lipinski definition) is 0. The van der Waals surface area contributed by atoms with E-state index >= 15 is 0 Å². The molecular weight excluding hydrogens is 761 g/mol. The van der Waals surface area contributed by atoms with E-state index < -0.39 is 20.8 Å². The number of unbranched alkanes of at least 4 members (excludes halogenated alkanes) is 26. The summed E-state index contributed by atoms with van der Waals surface area (Å²) in [5.74, 6) is 0.0443. The molecule has 0 saturated heterocycles. The predicted molar refractivity (Wildman–Crippen MR) is 233 cm³/mol. The van der Waals surface area contributed by atoms with Crippen LogP contribution in [0.3, 0.4) is 0 Å². The summed E-state index contributed by atoms with van der Waals surface area (Å²) in [6.07, 6.45) is 47.4. The van der Waals surface area contributed by atoms with Crippen molar-refractivity contribution in [3.05, 3.63) is 24.3 Å². The molecule has 324 valence electrons. The molecule has 0 aliphatic rings. The van der Waals surface area contributed by atoms with Crippen molar-refractivity contribution in [1.82, 2.24) is 0 Å². The fourth-order valence-electron chi connectivity index (χ4n) is 6.55. The Morgan fingerprint density at radius 1 is 0.400 bits per heavy atom. The van der Waals surface area contributed by atoms with Gasteiger partial charge in [-0.1, -0.05) is 219 Å². The van der Waals surface area contributed by atoms with E-state index in [2.05, 4.69) is 60.4 Å². The molecule has 0 aromatic carbocycles. The Hall–Kier alpha value is 0.480. The molecule has 0 aromatic rings. The average molecular weight is 847 g/mol. The molecule has 0 bridgehead atoms. The Morgan fingerprint density at radius 3 is 0.891 bits per heavy atom. The molecule has 2 unspecified atom stereocenters. The van der Waals surface area contributed by atoms with Crippen LogP contribution in [0.2, 0.25) is 0 Å². The van der Waals surface area contributed by atoms with E-state index in [0.717, 1.165) is 51.4 Å². The molecule has 0 aliphatic heterocycles. The van der Waals surface area contributed by atoms with E-state index in [-0.39, 0.29) is 62.8 Å². The average Bonchev–Trinajstić information content (AvgIpc) is 3.12. The second kappa shape index (κ2) is 45.6. The van der Waals surface area contributed by atoms with Crippen LogP contribution in [0.1, 0.15) is 233 Å². The number of hydrogen-bond acceptors (Lipinski definition) is 8. The minimum Gasteiger partial charge on any atom is -0.726 e. The fraction of sp³-hybridized carbons (Fsp3) is 0.909. The first-order chi connectivity index (χ1) is 26.0. The van der Waals surface area contributed by atoms with Gasteiger partial charge >= 0.3 is 37.7 Å². The van der Waals surface area contributed by atoms with Crippen molar-refractivity contribution in [2.75, 3.05) is 13.2 Å². The Labute approximate surface area is 372 Å². The maximum absolute atomic E-state index is 10.7. The third-order valence-corrected chi connectivity index (χ3v) is 10.8. The summed E-state index contributed by atoms with van der Waals surface area (Å²) in [4.78, 5) is 0. The van der Waals surface area contributed by atoms with Gasteiger partial charge < -0.3 is 9.11 Å². The maximum Gasteiger partial charge on any atom is 2.00 e. The van der Waals surface area contributed by atoms with Gasteiger partial charge in [-0.2, -0.15) is 0 Å². The Balaban J connectivity index is -0.000000966. The summed E-state index contributed by atoms with van der Waals surface area (Å²) in [5.41, 5.74) is 0. The van der Waals surface area contributed by atoms with Gasteiger partial charge in [0.15, 0.2) is 0 Å². The molecule has 0 amide bonds. The monoisotopic (exact) mass is 847 g/mol. The zero-order valence-electron chi connectivity index (χ0n) is 36.3. The summed E-state index contributed by atoms with van der Waals surface area (Å²) in [5, 5.41) is 0. The molecule has 55 heavy (non-hydrogen) atoms. The number of rotatable bonds is 40. The van der Waals surface area contributed by atoms with E-state index in [1.165, 1.54) is 154 Å². The van der Waals surface area contributed by atoms with Crippen LogP contribution < -0.4 is 0 Å². The van der Waals surface area contributed by atoms with Gasteiger partial charge in [0.25, 0.3) is 0 Å². The van der Waals surface area contributed by atoms with Crippen molar-refractivity contribution in [2.45, 2.75) is 233 Å². The second-order valence-corrected chi connectivity index (χ2v) is 17.5. The minimum absolute atomic E-state index is 0. The van der Waals surface area contributed by atoms with E-state index in [9.17, 15) is 25.9 Å². The smallest absolute Gasteiger partial charge is 0.726 e. The van der Waals surface area contributed by atoms with Crippen molar-refractivity contribution in [3.63, 3.8) is 0 Å². The molecule has 0 aromatic heterocycles. The first-order valence-corrected chi connectivity index (χ1v) is 25.2. The SMILES string of the molecule is CCCCCCCCC/C=C/C(CCCCCCCCC)COS(=O)(=O)[O-].CCCCCCCCC/C=C/C(CCCCCCCCC)COS(=O)(=O)[O-].[Ca+2]. The largest absolute Gasteiger partial charge is 2.00 e. The molecule has 8 nitrogen and oxygen atoms in total. The van der Waals surface area contributed by atoms with Crippen LogP contribution in [0.5, 0.6) is 0 Å². The number of allylic oxidation sites excluding steroid dienone is 2. The molecule has 0 spiro atoms. The van der Waals surface area contributed by atoms with Gasteiger partial charge in [0.2, 0.25) is 20.8 Å². The molecule has 0 N–H and O–H groups in total. The van der Waals surface area contributed by atoms with Gasteiger partial charge in [0.1, 0.15) is 0 Å². The van der Waals surface area contributed by atoms with Crippen LogP contribution in [0.15, 0.2) is 24.3 Å². The summed E-state index contributed by atoms with van der Waals surface area (Å²) in [6, 6.07) is 0. The van der Waals surface area contributed by atoms with Gasteiger partial charge in [-0.3, -0.25) is 8.37 Å². The standard InChI is InChI=1S/2C22H44O4S.Ca/c2*1-3-5-7-9-11-12-14-16-18-20-22(21-26-27(23,24)25)19-17-15-13-10-8-6-4-2;/h2*18,20,22H,3-17,19,21H2,1-2H3,(H,23,24,25);/q;;+2/p-2/b2*20-18+;. The van der Waals surface area contributed by atoms with Crippen molar-refractivity contribution in [2.24, 2.45) is 11.8 Å². The van der Waals surface area contributed by atoms with Crippen LogP contribution in [0, 0.1) is 11.8 Å². The predicted octanol–water partition coefficient (Wildman–Crippen LogP) is 13.5. The molecule has 0 saturated carbocycles.